The number of benzene rings is 1. The van der Waals surface area contributed by atoms with E-state index in [1.54, 1.807) is 19.4 Å². The summed E-state index contributed by atoms with van der Waals surface area (Å²) in [5.74, 6) is 0.739. The van der Waals surface area contributed by atoms with Crippen molar-refractivity contribution in [3.8, 4) is 5.75 Å². The molecule has 0 saturated carbocycles. The van der Waals surface area contributed by atoms with E-state index in [9.17, 15) is 4.79 Å². The molecule has 0 N–H and O–H groups in total. The van der Waals surface area contributed by atoms with Crippen LogP contribution in [0.4, 0.5) is 0 Å². The van der Waals surface area contributed by atoms with Gasteiger partial charge in [0.25, 0.3) is 5.91 Å². The first kappa shape index (κ1) is 16.5. The zero-order valence-corrected chi connectivity index (χ0v) is 13.9. The van der Waals surface area contributed by atoms with Gasteiger partial charge < -0.3 is 14.4 Å². The van der Waals surface area contributed by atoms with Crippen molar-refractivity contribution in [1.29, 1.82) is 0 Å². The summed E-state index contributed by atoms with van der Waals surface area (Å²) in [6.45, 7) is 2.47. The molecule has 1 saturated heterocycles. The van der Waals surface area contributed by atoms with Crippen LogP contribution in [-0.2, 0) is 4.74 Å². The maximum absolute atomic E-state index is 12.8. The van der Waals surface area contributed by atoms with Gasteiger partial charge in [0.1, 0.15) is 12.4 Å². The molecule has 3 rings (SSSR count). The molecule has 6 heteroatoms. The minimum absolute atomic E-state index is 0.0454. The standard InChI is InChI=1S/C18H23N3O3/c1-23-11-12-24-17-7-2-5-15(13-17)18(22)20-9-3-6-16(14-20)21-10-4-8-19-21/h2,4-5,7-8,10,13,16H,3,6,9,11-12,14H2,1H3/t16-/m1/s1. The number of methoxy groups -OCH3 is 1. The fourth-order valence-electron chi connectivity index (χ4n) is 3.00. The van der Waals surface area contributed by atoms with E-state index in [0.29, 0.717) is 31.1 Å². The average molecular weight is 329 g/mol. The van der Waals surface area contributed by atoms with Crippen molar-refractivity contribution in [1.82, 2.24) is 14.7 Å². The number of hydrogen-bond acceptors (Lipinski definition) is 4. The van der Waals surface area contributed by atoms with Gasteiger partial charge in [-0.3, -0.25) is 9.48 Å². The molecule has 24 heavy (non-hydrogen) atoms. The highest BCUT2D eigenvalue weighted by atomic mass is 16.5. The second-order valence-corrected chi connectivity index (χ2v) is 5.90. The van der Waals surface area contributed by atoms with E-state index in [0.717, 1.165) is 19.4 Å². The Morgan fingerprint density at radius 2 is 2.25 bits per heavy atom. The second-order valence-electron chi connectivity index (χ2n) is 5.90. The van der Waals surface area contributed by atoms with E-state index in [2.05, 4.69) is 5.10 Å². The lowest BCUT2D eigenvalue weighted by atomic mass is 10.0. The largest absolute Gasteiger partial charge is 0.491 e. The SMILES string of the molecule is COCCOc1cccc(C(=O)N2CCC[C@@H](n3cccn3)C2)c1. The van der Waals surface area contributed by atoms with Gasteiger partial charge in [0, 0.05) is 38.2 Å². The molecule has 0 spiro atoms. The summed E-state index contributed by atoms with van der Waals surface area (Å²) in [4.78, 5) is 14.7. The lowest BCUT2D eigenvalue weighted by Crippen LogP contribution is -2.40. The first-order chi connectivity index (χ1) is 11.8. The molecule has 128 valence electrons. The summed E-state index contributed by atoms with van der Waals surface area (Å²) in [6.07, 6.45) is 5.77. The van der Waals surface area contributed by atoms with E-state index in [1.807, 2.05) is 40.0 Å². The number of likely N-dealkylation sites (tertiary alicyclic amines) is 1. The van der Waals surface area contributed by atoms with Gasteiger partial charge in [0.15, 0.2) is 0 Å². The zero-order chi connectivity index (χ0) is 16.8. The number of ether oxygens (including phenoxy) is 2. The van der Waals surface area contributed by atoms with Gasteiger partial charge in [-0.2, -0.15) is 5.10 Å². The van der Waals surface area contributed by atoms with Crippen molar-refractivity contribution in [2.45, 2.75) is 18.9 Å². The topological polar surface area (TPSA) is 56.6 Å². The Hall–Kier alpha value is -2.34. The molecule has 0 aliphatic carbocycles. The lowest BCUT2D eigenvalue weighted by molar-refractivity contribution is 0.0672. The molecule has 2 aromatic rings. The molecule has 1 aromatic heterocycles. The van der Waals surface area contributed by atoms with Crippen LogP contribution in [0, 0.1) is 0 Å². The minimum atomic E-state index is 0.0454. The van der Waals surface area contributed by atoms with Crippen molar-refractivity contribution in [2.24, 2.45) is 0 Å². The third kappa shape index (κ3) is 3.94. The molecule has 0 bridgehead atoms. The maximum atomic E-state index is 12.8. The van der Waals surface area contributed by atoms with Crippen LogP contribution in [-0.4, -0.2) is 54.0 Å². The molecule has 1 atom stereocenters. The van der Waals surface area contributed by atoms with Crippen molar-refractivity contribution >= 4 is 5.91 Å². The Kier molecular flexibility index (Phi) is 5.48. The maximum Gasteiger partial charge on any atom is 0.254 e. The van der Waals surface area contributed by atoms with Crippen LogP contribution in [0.25, 0.3) is 0 Å². The van der Waals surface area contributed by atoms with E-state index >= 15 is 0 Å². The lowest BCUT2D eigenvalue weighted by Gasteiger charge is -2.33. The second kappa shape index (κ2) is 7.97. The number of amides is 1. The Balaban J connectivity index is 1.66. The van der Waals surface area contributed by atoms with Crippen LogP contribution in [0.5, 0.6) is 5.75 Å². The summed E-state index contributed by atoms with van der Waals surface area (Å²) in [5.41, 5.74) is 0.658. The van der Waals surface area contributed by atoms with Gasteiger partial charge in [-0.15, -0.1) is 0 Å². The molecule has 1 aliphatic rings. The van der Waals surface area contributed by atoms with Crippen LogP contribution in [0.3, 0.4) is 0 Å². The Morgan fingerprint density at radius 1 is 1.33 bits per heavy atom. The van der Waals surface area contributed by atoms with Gasteiger partial charge in [0.2, 0.25) is 0 Å². The van der Waals surface area contributed by atoms with Crippen LogP contribution >= 0.6 is 0 Å². The normalized spacial score (nSPS) is 17.7. The van der Waals surface area contributed by atoms with Gasteiger partial charge in [0.05, 0.1) is 12.6 Å². The fraction of sp³-hybridized carbons (Fsp3) is 0.444. The first-order valence-corrected chi connectivity index (χ1v) is 8.28. The fourth-order valence-corrected chi connectivity index (χ4v) is 3.00. The quantitative estimate of drug-likeness (QED) is 0.764. The zero-order valence-electron chi connectivity index (χ0n) is 13.9. The average Bonchev–Trinajstić information content (AvgIpc) is 3.16. The molecule has 1 aliphatic heterocycles. The molecule has 1 fully saturated rings. The highest BCUT2D eigenvalue weighted by molar-refractivity contribution is 5.94. The molecular weight excluding hydrogens is 306 g/mol. The molecule has 6 nitrogen and oxygen atoms in total. The van der Waals surface area contributed by atoms with E-state index in [1.165, 1.54) is 0 Å². The van der Waals surface area contributed by atoms with Gasteiger partial charge in [-0.05, 0) is 37.1 Å². The summed E-state index contributed by atoms with van der Waals surface area (Å²) in [7, 11) is 1.63. The van der Waals surface area contributed by atoms with Crippen molar-refractivity contribution in [3.05, 3.63) is 48.3 Å². The number of hydrogen-bond donors (Lipinski definition) is 0. The van der Waals surface area contributed by atoms with Gasteiger partial charge >= 0.3 is 0 Å². The molecule has 0 radical (unpaired) electrons. The van der Waals surface area contributed by atoms with E-state index in [-0.39, 0.29) is 11.9 Å². The summed E-state index contributed by atoms with van der Waals surface area (Å²) in [6, 6.07) is 9.51. The monoisotopic (exact) mass is 329 g/mol. The van der Waals surface area contributed by atoms with E-state index < -0.39 is 0 Å². The van der Waals surface area contributed by atoms with Crippen LogP contribution in [0.1, 0.15) is 29.2 Å². The highest BCUT2D eigenvalue weighted by Crippen LogP contribution is 2.23. The number of carbonyl (C=O) groups is 1. The third-order valence-electron chi connectivity index (χ3n) is 4.22. The number of piperidine rings is 1. The van der Waals surface area contributed by atoms with Gasteiger partial charge in [-0.25, -0.2) is 0 Å². The van der Waals surface area contributed by atoms with E-state index in [4.69, 9.17) is 9.47 Å². The molecule has 0 unspecified atom stereocenters. The molecular formula is C18H23N3O3. The van der Waals surface area contributed by atoms with Crippen molar-refractivity contribution in [3.63, 3.8) is 0 Å². The van der Waals surface area contributed by atoms with Crippen LogP contribution in [0.2, 0.25) is 0 Å². The summed E-state index contributed by atoms with van der Waals surface area (Å²) < 4.78 is 12.5. The molecule has 2 heterocycles. The summed E-state index contributed by atoms with van der Waals surface area (Å²) in [5, 5.41) is 4.31. The Morgan fingerprint density at radius 3 is 3.04 bits per heavy atom. The number of rotatable bonds is 6. The molecule has 1 amide bonds. The van der Waals surface area contributed by atoms with Crippen LogP contribution < -0.4 is 4.74 Å². The third-order valence-corrected chi connectivity index (χ3v) is 4.22. The van der Waals surface area contributed by atoms with Crippen molar-refractivity contribution < 1.29 is 14.3 Å². The first-order valence-electron chi connectivity index (χ1n) is 8.28. The number of nitrogens with zero attached hydrogens (tertiary/aromatic N) is 3. The predicted octanol–water partition coefficient (Wildman–Crippen LogP) is 2.39. The number of carbonyl (C=O) groups excluding carboxylic acids is 1. The van der Waals surface area contributed by atoms with Crippen LogP contribution in [0.15, 0.2) is 42.7 Å². The number of aromatic nitrogens is 2. The Labute approximate surface area is 142 Å². The Bertz CT molecular complexity index is 657. The highest BCUT2D eigenvalue weighted by Gasteiger charge is 2.25. The molecule has 1 aromatic carbocycles. The van der Waals surface area contributed by atoms with Crippen molar-refractivity contribution in [2.75, 3.05) is 33.4 Å². The smallest absolute Gasteiger partial charge is 0.254 e. The van der Waals surface area contributed by atoms with Gasteiger partial charge in [-0.1, -0.05) is 6.07 Å². The predicted molar refractivity (Wildman–Crippen MR) is 90.2 cm³/mol. The minimum Gasteiger partial charge on any atom is -0.491 e. The summed E-state index contributed by atoms with van der Waals surface area (Å²) >= 11 is 0.